The van der Waals surface area contributed by atoms with E-state index in [1.54, 1.807) is 0 Å². The summed E-state index contributed by atoms with van der Waals surface area (Å²) in [5, 5.41) is 10.7. The van der Waals surface area contributed by atoms with E-state index in [4.69, 9.17) is 0 Å². The first kappa shape index (κ1) is 20.1. The number of anilines is 3. The van der Waals surface area contributed by atoms with Gasteiger partial charge in [0, 0.05) is 22.1 Å². The molecule has 0 fully saturated rings. The van der Waals surface area contributed by atoms with E-state index in [1.807, 2.05) is 0 Å². The molecule has 0 aromatic heterocycles. The summed E-state index contributed by atoms with van der Waals surface area (Å²) in [6.07, 6.45) is 0. The van der Waals surface area contributed by atoms with Crippen molar-refractivity contribution in [2.75, 3.05) is 4.90 Å². The van der Waals surface area contributed by atoms with Crippen LogP contribution < -0.4 is 4.90 Å². The molecule has 0 N–H and O–H groups in total. The molecule has 0 aliphatic heterocycles. The van der Waals surface area contributed by atoms with Gasteiger partial charge in [-0.3, -0.25) is 0 Å². The lowest BCUT2D eigenvalue weighted by molar-refractivity contribution is 1.30. The van der Waals surface area contributed by atoms with E-state index in [0.717, 1.165) is 11.4 Å². The Bertz CT molecular complexity index is 1810. The largest absolute Gasteiger partial charge is 0.310 e. The molecule has 35 heavy (non-hydrogen) atoms. The maximum Gasteiger partial charge on any atom is 0.0546 e. The number of benzene rings is 7. The van der Waals surface area contributed by atoms with Crippen LogP contribution in [0.2, 0.25) is 0 Å². The second-order valence-corrected chi connectivity index (χ2v) is 9.48. The van der Waals surface area contributed by atoms with E-state index in [2.05, 4.69) is 134 Å². The summed E-state index contributed by atoms with van der Waals surface area (Å²) in [5.74, 6) is 0. The Morgan fingerprint density at radius 1 is 0.429 bits per heavy atom. The molecule has 0 atom stereocenters. The van der Waals surface area contributed by atoms with E-state index >= 15 is 0 Å². The maximum atomic E-state index is 2.40. The van der Waals surface area contributed by atoms with E-state index in [-0.39, 0.29) is 0 Å². The lowest BCUT2D eigenvalue weighted by atomic mass is 9.85. The zero-order valence-corrected chi connectivity index (χ0v) is 19.9. The fraction of sp³-hybridized carbons (Fsp3) is 0.0588. The van der Waals surface area contributed by atoms with Crippen molar-refractivity contribution in [1.29, 1.82) is 0 Å². The Morgan fingerprint density at radius 3 is 1.66 bits per heavy atom. The normalized spacial score (nSPS) is 11.7. The molecular weight excluding hydrogens is 422 g/mol. The highest BCUT2D eigenvalue weighted by Crippen LogP contribution is 2.48. The SMILES string of the molecule is Cc1cc(C)c2c3ccccc3c3c(N(c4ccccc4)c4ccccc4)ccc4ccc1c2c43. The Hall–Kier alpha value is -4.36. The van der Waals surface area contributed by atoms with Crippen molar-refractivity contribution in [3.8, 4) is 0 Å². The third kappa shape index (κ3) is 2.88. The molecule has 1 heteroatoms. The predicted molar refractivity (Wildman–Crippen MR) is 152 cm³/mol. The lowest BCUT2D eigenvalue weighted by Gasteiger charge is -2.28. The first-order valence-electron chi connectivity index (χ1n) is 12.2. The molecule has 166 valence electrons. The van der Waals surface area contributed by atoms with Gasteiger partial charge >= 0.3 is 0 Å². The molecule has 0 spiro atoms. The van der Waals surface area contributed by atoms with Gasteiger partial charge in [0.15, 0.2) is 0 Å². The molecule has 7 aromatic carbocycles. The summed E-state index contributed by atoms with van der Waals surface area (Å²) < 4.78 is 0. The second kappa shape index (κ2) is 7.58. The van der Waals surface area contributed by atoms with Crippen LogP contribution >= 0.6 is 0 Å². The smallest absolute Gasteiger partial charge is 0.0546 e. The van der Waals surface area contributed by atoms with E-state index in [1.165, 1.54) is 59.9 Å². The van der Waals surface area contributed by atoms with Crippen LogP contribution in [-0.4, -0.2) is 0 Å². The summed E-state index contributed by atoms with van der Waals surface area (Å²) in [6.45, 7) is 4.49. The number of para-hydroxylation sites is 2. The van der Waals surface area contributed by atoms with Gasteiger partial charge in [-0.1, -0.05) is 84.9 Å². The third-order valence-electron chi connectivity index (χ3n) is 7.40. The van der Waals surface area contributed by atoms with Crippen molar-refractivity contribution in [2.45, 2.75) is 13.8 Å². The van der Waals surface area contributed by atoms with Gasteiger partial charge in [-0.2, -0.15) is 0 Å². The van der Waals surface area contributed by atoms with Crippen LogP contribution in [0.3, 0.4) is 0 Å². The molecule has 0 aliphatic carbocycles. The maximum absolute atomic E-state index is 2.40. The molecule has 0 unspecified atom stereocenters. The molecule has 0 aliphatic rings. The first-order valence-corrected chi connectivity index (χ1v) is 12.2. The monoisotopic (exact) mass is 447 g/mol. The minimum atomic E-state index is 1.16. The molecule has 1 nitrogen and oxygen atoms in total. The second-order valence-electron chi connectivity index (χ2n) is 9.48. The van der Waals surface area contributed by atoms with Gasteiger partial charge in [0.2, 0.25) is 0 Å². The molecule has 7 rings (SSSR count). The number of rotatable bonds is 3. The fourth-order valence-electron chi connectivity index (χ4n) is 5.97. The minimum Gasteiger partial charge on any atom is -0.310 e. The minimum absolute atomic E-state index is 1.16. The topological polar surface area (TPSA) is 3.24 Å². The highest BCUT2D eigenvalue weighted by atomic mass is 15.1. The van der Waals surface area contributed by atoms with Gasteiger partial charge in [-0.25, -0.2) is 0 Å². The Kier molecular flexibility index (Phi) is 4.34. The number of nitrogens with zero attached hydrogens (tertiary/aromatic N) is 1. The number of aryl methyl sites for hydroxylation is 2. The van der Waals surface area contributed by atoms with Crippen LogP contribution in [0, 0.1) is 13.8 Å². The van der Waals surface area contributed by atoms with Crippen LogP contribution in [0.1, 0.15) is 11.1 Å². The summed E-state index contributed by atoms with van der Waals surface area (Å²) in [7, 11) is 0. The van der Waals surface area contributed by atoms with Crippen molar-refractivity contribution in [2.24, 2.45) is 0 Å². The van der Waals surface area contributed by atoms with Crippen LogP contribution in [0.25, 0.3) is 43.1 Å². The zero-order valence-electron chi connectivity index (χ0n) is 19.9. The van der Waals surface area contributed by atoms with Crippen molar-refractivity contribution >= 4 is 60.2 Å². The lowest BCUT2D eigenvalue weighted by Crippen LogP contribution is -2.10. The van der Waals surface area contributed by atoms with E-state index in [9.17, 15) is 0 Å². The van der Waals surface area contributed by atoms with Crippen LogP contribution in [-0.2, 0) is 0 Å². The summed E-state index contributed by atoms with van der Waals surface area (Å²) in [6, 6.07) is 41.9. The fourth-order valence-corrected chi connectivity index (χ4v) is 5.97. The number of hydrogen-bond acceptors (Lipinski definition) is 1. The molecule has 7 aromatic rings. The van der Waals surface area contributed by atoms with Gasteiger partial charge in [0.25, 0.3) is 0 Å². The number of hydrogen-bond donors (Lipinski definition) is 0. The van der Waals surface area contributed by atoms with Crippen LogP contribution in [0.4, 0.5) is 17.1 Å². The van der Waals surface area contributed by atoms with Crippen LogP contribution in [0.5, 0.6) is 0 Å². The Balaban J connectivity index is 1.74. The molecule has 0 radical (unpaired) electrons. The molecule has 0 saturated carbocycles. The van der Waals surface area contributed by atoms with Gasteiger partial charge < -0.3 is 4.90 Å². The molecule has 0 amide bonds. The third-order valence-corrected chi connectivity index (χ3v) is 7.40. The summed E-state index contributed by atoms with van der Waals surface area (Å²) in [4.78, 5) is 2.40. The predicted octanol–water partition coefficient (Wildman–Crippen LogP) is 9.82. The highest BCUT2D eigenvalue weighted by molar-refractivity contribution is 6.37. The van der Waals surface area contributed by atoms with E-state index < -0.39 is 0 Å². The average Bonchev–Trinajstić information content (AvgIpc) is 2.90. The average molecular weight is 448 g/mol. The molecule has 0 saturated heterocycles. The molecule has 0 heterocycles. The van der Waals surface area contributed by atoms with Gasteiger partial charge in [0.05, 0.1) is 5.69 Å². The van der Waals surface area contributed by atoms with Gasteiger partial charge in [-0.15, -0.1) is 0 Å². The summed E-state index contributed by atoms with van der Waals surface area (Å²) >= 11 is 0. The standard InChI is InChI=1S/C34H25N/c1-22-21-23(2)31-28-15-9-10-16-29(28)33-30(20-18-24-17-19-27(22)34(31)32(24)33)35(25-11-5-3-6-12-25)26-13-7-4-8-14-26/h3-21H,1-2H3. The van der Waals surface area contributed by atoms with Crippen molar-refractivity contribution in [3.63, 3.8) is 0 Å². The van der Waals surface area contributed by atoms with Gasteiger partial charge in [0.1, 0.15) is 0 Å². The van der Waals surface area contributed by atoms with Gasteiger partial charge in [-0.05, 0) is 87.6 Å². The molecule has 0 bridgehead atoms. The zero-order chi connectivity index (χ0) is 23.5. The van der Waals surface area contributed by atoms with Crippen molar-refractivity contribution < 1.29 is 0 Å². The van der Waals surface area contributed by atoms with Crippen molar-refractivity contribution in [1.82, 2.24) is 0 Å². The highest BCUT2D eigenvalue weighted by Gasteiger charge is 2.22. The quantitative estimate of drug-likeness (QED) is 0.192. The Labute approximate surface area is 205 Å². The van der Waals surface area contributed by atoms with E-state index in [0.29, 0.717) is 0 Å². The van der Waals surface area contributed by atoms with Crippen molar-refractivity contribution in [3.05, 3.63) is 126 Å². The number of fused-ring (bicyclic) bond motifs is 3. The first-order chi connectivity index (χ1) is 17.2. The Morgan fingerprint density at radius 2 is 1.00 bits per heavy atom. The van der Waals surface area contributed by atoms with Crippen LogP contribution in [0.15, 0.2) is 115 Å². The summed E-state index contributed by atoms with van der Waals surface area (Å²) in [5.41, 5.74) is 6.20. The molecular formula is C34H25N.